The zero-order chi connectivity index (χ0) is 19.9. The number of guanidine groups is 1. The van der Waals surface area contributed by atoms with Gasteiger partial charge in [-0.05, 0) is 37.5 Å². The summed E-state index contributed by atoms with van der Waals surface area (Å²) in [5.41, 5.74) is 0.531. The summed E-state index contributed by atoms with van der Waals surface area (Å²) in [5.74, 6) is 1.40. The largest absolute Gasteiger partial charge is 0.504 e. The number of carbonyl (C=O) groups is 1. The van der Waals surface area contributed by atoms with E-state index in [0.717, 1.165) is 37.8 Å². The van der Waals surface area contributed by atoms with E-state index >= 15 is 0 Å². The first kappa shape index (κ1) is 20.9. The van der Waals surface area contributed by atoms with Gasteiger partial charge < -0.3 is 25.4 Å². The summed E-state index contributed by atoms with van der Waals surface area (Å²) in [6.45, 7) is 3.73. The molecule has 0 heterocycles. The number of nitrogens with one attached hydrogen (secondary N) is 2. The number of benzene rings is 1. The normalized spacial score (nSPS) is 16.1. The molecule has 7 nitrogen and oxygen atoms in total. The van der Waals surface area contributed by atoms with Crippen LogP contribution in [0.3, 0.4) is 0 Å². The van der Waals surface area contributed by atoms with Gasteiger partial charge in [0, 0.05) is 27.2 Å². The zero-order valence-corrected chi connectivity index (χ0v) is 16.8. The molecular weight excluding hydrogens is 344 g/mol. The molecule has 1 saturated carbocycles. The number of ether oxygens (including phenoxy) is 1. The molecule has 0 atom stereocenters. The number of amides is 1. The van der Waals surface area contributed by atoms with Crippen molar-refractivity contribution in [1.29, 1.82) is 0 Å². The van der Waals surface area contributed by atoms with Crippen molar-refractivity contribution in [3.05, 3.63) is 23.8 Å². The van der Waals surface area contributed by atoms with Crippen molar-refractivity contribution in [3.8, 4) is 11.5 Å². The first-order valence-corrected chi connectivity index (χ1v) is 9.51. The fraction of sp³-hybridized carbons (Fsp3) is 0.600. The number of hydrogen-bond acceptors (Lipinski definition) is 4. The van der Waals surface area contributed by atoms with Crippen molar-refractivity contribution >= 4 is 11.9 Å². The summed E-state index contributed by atoms with van der Waals surface area (Å²) in [5, 5.41) is 16.5. The van der Waals surface area contributed by atoms with Gasteiger partial charge in [-0.1, -0.05) is 18.9 Å². The molecule has 0 radical (unpaired) electrons. The Kier molecular flexibility index (Phi) is 7.33. The Bertz CT molecular complexity index is 667. The smallest absolute Gasteiger partial charge is 0.230 e. The third-order valence-corrected chi connectivity index (χ3v) is 5.02. The summed E-state index contributed by atoms with van der Waals surface area (Å²) in [6, 6.07) is 5.25. The van der Waals surface area contributed by atoms with Gasteiger partial charge in [0.2, 0.25) is 5.91 Å². The minimum atomic E-state index is -0.349. The van der Waals surface area contributed by atoms with E-state index in [0.29, 0.717) is 24.8 Å². The van der Waals surface area contributed by atoms with Gasteiger partial charge in [0.25, 0.3) is 0 Å². The second-order valence-electron chi connectivity index (χ2n) is 7.24. The van der Waals surface area contributed by atoms with Gasteiger partial charge in [-0.15, -0.1) is 0 Å². The predicted octanol–water partition coefficient (Wildman–Crippen LogP) is 2.10. The third-order valence-electron chi connectivity index (χ3n) is 5.02. The number of rotatable bonds is 7. The van der Waals surface area contributed by atoms with Crippen LogP contribution in [0.2, 0.25) is 0 Å². The molecule has 1 aliphatic rings. The Morgan fingerprint density at radius 2 is 2.00 bits per heavy atom. The van der Waals surface area contributed by atoms with E-state index in [1.807, 2.05) is 27.1 Å². The number of methoxy groups -OCH3 is 1. The molecule has 0 aliphatic heterocycles. The molecule has 150 valence electrons. The van der Waals surface area contributed by atoms with Crippen LogP contribution in [-0.4, -0.2) is 56.2 Å². The van der Waals surface area contributed by atoms with Gasteiger partial charge in [-0.2, -0.15) is 0 Å². The first-order chi connectivity index (χ1) is 12.9. The number of phenolic OH excluding ortho intramolecular Hbond substituents is 1. The number of phenols is 1. The number of aromatic hydroxyl groups is 1. The van der Waals surface area contributed by atoms with Crippen LogP contribution >= 0.6 is 0 Å². The van der Waals surface area contributed by atoms with Crippen LogP contribution in [0.4, 0.5) is 0 Å². The quantitative estimate of drug-likeness (QED) is 0.501. The standard InChI is InChI=1S/C20H32N4O3/c1-5-21-19(22-13-15-8-9-17(27-4)16(25)12-15)23-14-20(10-6-7-11-20)18(26)24(2)3/h8-9,12,25H,5-7,10-11,13-14H2,1-4H3,(H2,21,22,23). The third kappa shape index (κ3) is 5.28. The SMILES string of the molecule is CCNC(=NCc1ccc(OC)c(O)c1)NCC1(C(=O)N(C)C)CCCC1. The molecule has 1 amide bonds. The number of carbonyl (C=O) groups excluding carboxylic acids is 1. The fourth-order valence-corrected chi connectivity index (χ4v) is 3.59. The molecule has 1 fully saturated rings. The fourth-order valence-electron chi connectivity index (χ4n) is 3.59. The number of nitrogens with zero attached hydrogens (tertiary/aromatic N) is 2. The van der Waals surface area contributed by atoms with Crippen LogP contribution in [-0.2, 0) is 11.3 Å². The second kappa shape index (κ2) is 9.48. The van der Waals surface area contributed by atoms with E-state index in [1.165, 1.54) is 7.11 Å². The molecule has 0 spiro atoms. The minimum absolute atomic E-state index is 0.102. The van der Waals surface area contributed by atoms with Crippen LogP contribution in [0.1, 0.15) is 38.2 Å². The topological polar surface area (TPSA) is 86.2 Å². The van der Waals surface area contributed by atoms with Crippen LogP contribution in [0.25, 0.3) is 0 Å². The maximum Gasteiger partial charge on any atom is 0.230 e. The highest BCUT2D eigenvalue weighted by Gasteiger charge is 2.42. The van der Waals surface area contributed by atoms with Crippen molar-refractivity contribution in [2.45, 2.75) is 39.2 Å². The first-order valence-electron chi connectivity index (χ1n) is 9.51. The van der Waals surface area contributed by atoms with Gasteiger partial charge in [0.1, 0.15) is 0 Å². The Morgan fingerprint density at radius 3 is 2.56 bits per heavy atom. The van der Waals surface area contributed by atoms with E-state index in [2.05, 4.69) is 15.6 Å². The lowest BCUT2D eigenvalue weighted by atomic mass is 9.84. The molecule has 1 aromatic carbocycles. The Balaban J connectivity index is 2.06. The molecule has 0 saturated heterocycles. The maximum absolute atomic E-state index is 12.7. The molecule has 0 aromatic heterocycles. The van der Waals surface area contributed by atoms with Crippen LogP contribution in [0.5, 0.6) is 11.5 Å². The van der Waals surface area contributed by atoms with Crippen molar-refractivity contribution in [2.24, 2.45) is 10.4 Å². The highest BCUT2D eigenvalue weighted by atomic mass is 16.5. The summed E-state index contributed by atoms with van der Waals surface area (Å²) < 4.78 is 5.07. The Labute approximate surface area is 161 Å². The lowest BCUT2D eigenvalue weighted by Gasteiger charge is -2.31. The monoisotopic (exact) mass is 376 g/mol. The van der Waals surface area contributed by atoms with Crippen molar-refractivity contribution in [1.82, 2.24) is 15.5 Å². The second-order valence-corrected chi connectivity index (χ2v) is 7.24. The molecule has 0 unspecified atom stereocenters. The van der Waals surface area contributed by atoms with E-state index in [4.69, 9.17) is 4.74 Å². The lowest BCUT2D eigenvalue weighted by Crippen LogP contribution is -2.49. The average molecular weight is 377 g/mol. The van der Waals surface area contributed by atoms with Gasteiger partial charge in [-0.3, -0.25) is 4.79 Å². The summed E-state index contributed by atoms with van der Waals surface area (Å²) in [7, 11) is 5.16. The van der Waals surface area contributed by atoms with Gasteiger partial charge in [-0.25, -0.2) is 4.99 Å². The molecule has 27 heavy (non-hydrogen) atoms. The highest BCUT2D eigenvalue weighted by molar-refractivity contribution is 5.85. The maximum atomic E-state index is 12.7. The van der Waals surface area contributed by atoms with Crippen molar-refractivity contribution in [3.63, 3.8) is 0 Å². The summed E-state index contributed by atoms with van der Waals surface area (Å²) >= 11 is 0. The number of aliphatic imine (C=N–C) groups is 1. The van der Waals surface area contributed by atoms with Crippen LogP contribution in [0.15, 0.2) is 23.2 Å². The molecule has 2 rings (SSSR count). The van der Waals surface area contributed by atoms with Crippen LogP contribution in [0, 0.1) is 5.41 Å². The average Bonchev–Trinajstić information content (AvgIpc) is 3.13. The van der Waals surface area contributed by atoms with E-state index < -0.39 is 0 Å². The molecule has 1 aromatic rings. The number of hydrogen-bond donors (Lipinski definition) is 3. The van der Waals surface area contributed by atoms with Gasteiger partial charge in [0.05, 0.1) is 19.1 Å². The highest BCUT2D eigenvalue weighted by Crippen LogP contribution is 2.38. The zero-order valence-electron chi connectivity index (χ0n) is 16.8. The van der Waals surface area contributed by atoms with Gasteiger partial charge >= 0.3 is 0 Å². The lowest BCUT2D eigenvalue weighted by molar-refractivity contribution is -0.138. The predicted molar refractivity (Wildman–Crippen MR) is 107 cm³/mol. The van der Waals surface area contributed by atoms with Crippen molar-refractivity contribution < 1.29 is 14.6 Å². The molecular formula is C20H32N4O3. The van der Waals surface area contributed by atoms with E-state index in [9.17, 15) is 9.90 Å². The Hall–Kier alpha value is -2.44. The summed E-state index contributed by atoms with van der Waals surface area (Å²) in [4.78, 5) is 19.0. The van der Waals surface area contributed by atoms with Crippen LogP contribution < -0.4 is 15.4 Å². The Morgan fingerprint density at radius 1 is 1.30 bits per heavy atom. The minimum Gasteiger partial charge on any atom is -0.504 e. The van der Waals surface area contributed by atoms with E-state index in [-0.39, 0.29) is 17.1 Å². The molecule has 0 bridgehead atoms. The van der Waals surface area contributed by atoms with E-state index in [1.54, 1.807) is 17.0 Å². The summed E-state index contributed by atoms with van der Waals surface area (Å²) in [6.07, 6.45) is 3.98. The molecule has 3 N–H and O–H groups in total. The molecule has 1 aliphatic carbocycles. The van der Waals surface area contributed by atoms with Gasteiger partial charge in [0.15, 0.2) is 17.5 Å². The molecule has 7 heteroatoms. The van der Waals surface area contributed by atoms with Crippen molar-refractivity contribution in [2.75, 3.05) is 34.3 Å².